The van der Waals surface area contributed by atoms with Crippen molar-refractivity contribution in [2.75, 3.05) is 26.2 Å². The Labute approximate surface area is 130 Å². The summed E-state index contributed by atoms with van der Waals surface area (Å²) in [7, 11) is 0. The SMILES string of the molecule is CCC1(C)CCCN(C(=O)CCC2CCNCC2)C1.Cl. The Bertz CT molecular complexity index is 305. The summed E-state index contributed by atoms with van der Waals surface area (Å²) in [4.78, 5) is 14.5. The van der Waals surface area contributed by atoms with Gasteiger partial charge in [-0.2, -0.15) is 0 Å². The van der Waals surface area contributed by atoms with E-state index in [4.69, 9.17) is 0 Å². The number of amides is 1. The zero-order valence-electron chi connectivity index (χ0n) is 13.1. The van der Waals surface area contributed by atoms with Crippen LogP contribution in [0.5, 0.6) is 0 Å². The third kappa shape index (κ3) is 4.92. The number of halogens is 1. The van der Waals surface area contributed by atoms with Crippen molar-refractivity contribution in [3.8, 4) is 0 Å². The number of hydrogen-bond acceptors (Lipinski definition) is 2. The highest BCUT2D eigenvalue weighted by Crippen LogP contribution is 2.33. The highest BCUT2D eigenvalue weighted by molar-refractivity contribution is 5.85. The maximum absolute atomic E-state index is 12.4. The van der Waals surface area contributed by atoms with Crippen LogP contribution in [0.4, 0.5) is 0 Å². The summed E-state index contributed by atoms with van der Waals surface area (Å²) in [5, 5.41) is 3.39. The molecule has 20 heavy (non-hydrogen) atoms. The van der Waals surface area contributed by atoms with E-state index in [2.05, 4.69) is 24.1 Å². The Morgan fingerprint density at radius 1 is 1.35 bits per heavy atom. The molecule has 2 saturated heterocycles. The lowest BCUT2D eigenvalue weighted by Gasteiger charge is -2.40. The normalized spacial score (nSPS) is 28.0. The first-order valence-electron chi connectivity index (χ1n) is 8.11. The third-order valence-electron chi connectivity index (χ3n) is 5.21. The molecule has 0 saturated carbocycles. The molecule has 2 heterocycles. The molecule has 3 nitrogen and oxygen atoms in total. The van der Waals surface area contributed by atoms with Crippen LogP contribution < -0.4 is 5.32 Å². The number of rotatable bonds is 4. The van der Waals surface area contributed by atoms with E-state index in [0.29, 0.717) is 11.3 Å². The van der Waals surface area contributed by atoms with E-state index in [1.807, 2.05) is 0 Å². The summed E-state index contributed by atoms with van der Waals surface area (Å²) in [6.07, 6.45) is 8.01. The molecule has 2 rings (SSSR count). The van der Waals surface area contributed by atoms with Gasteiger partial charge in [0.15, 0.2) is 0 Å². The van der Waals surface area contributed by atoms with Crippen LogP contribution in [0, 0.1) is 11.3 Å². The van der Waals surface area contributed by atoms with Crippen LogP contribution >= 0.6 is 12.4 Å². The second-order valence-corrected chi connectivity index (χ2v) is 6.82. The van der Waals surface area contributed by atoms with Crippen LogP contribution in [0.3, 0.4) is 0 Å². The zero-order chi connectivity index (χ0) is 13.7. The first-order valence-corrected chi connectivity index (χ1v) is 8.11. The third-order valence-corrected chi connectivity index (χ3v) is 5.21. The summed E-state index contributed by atoms with van der Waals surface area (Å²) in [6, 6.07) is 0. The molecule has 1 atom stereocenters. The van der Waals surface area contributed by atoms with Crippen molar-refractivity contribution in [2.45, 2.75) is 58.8 Å². The van der Waals surface area contributed by atoms with Crippen molar-refractivity contribution in [3.05, 3.63) is 0 Å². The lowest BCUT2D eigenvalue weighted by Crippen LogP contribution is -2.44. The smallest absolute Gasteiger partial charge is 0.222 e. The van der Waals surface area contributed by atoms with Crippen molar-refractivity contribution < 1.29 is 4.79 Å². The van der Waals surface area contributed by atoms with E-state index >= 15 is 0 Å². The maximum Gasteiger partial charge on any atom is 0.222 e. The van der Waals surface area contributed by atoms with Gasteiger partial charge in [0, 0.05) is 19.5 Å². The number of nitrogens with zero attached hydrogens (tertiary/aromatic N) is 1. The quantitative estimate of drug-likeness (QED) is 0.865. The number of carbonyl (C=O) groups excluding carboxylic acids is 1. The van der Waals surface area contributed by atoms with Gasteiger partial charge in [0.05, 0.1) is 0 Å². The van der Waals surface area contributed by atoms with Gasteiger partial charge in [0.25, 0.3) is 0 Å². The molecule has 0 aromatic heterocycles. The topological polar surface area (TPSA) is 32.3 Å². The molecule has 0 aromatic carbocycles. The van der Waals surface area contributed by atoms with Crippen LogP contribution in [-0.4, -0.2) is 37.0 Å². The molecule has 0 spiro atoms. The summed E-state index contributed by atoms with van der Waals surface area (Å²) < 4.78 is 0. The fourth-order valence-electron chi connectivity index (χ4n) is 3.47. The minimum atomic E-state index is 0. The van der Waals surface area contributed by atoms with Gasteiger partial charge >= 0.3 is 0 Å². The van der Waals surface area contributed by atoms with Gasteiger partial charge in [-0.15, -0.1) is 12.4 Å². The van der Waals surface area contributed by atoms with Gasteiger partial charge in [0.2, 0.25) is 5.91 Å². The van der Waals surface area contributed by atoms with E-state index in [9.17, 15) is 4.79 Å². The molecule has 0 bridgehead atoms. The Balaban J connectivity index is 0.00000200. The first kappa shape index (κ1) is 17.8. The van der Waals surface area contributed by atoms with Gasteiger partial charge in [-0.1, -0.05) is 13.8 Å². The molecule has 0 aliphatic carbocycles. The van der Waals surface area contributed by atoms with Crippen molar-refractivity contribution in [3.63, 3.8) is 0 Å². The standard InChI is InChI=1S/C16H30N2O.ClH/c1-3-16(2)9-4-12-18(13-16)15(19)6-5-14-7-10-17-11-8-14;/h14,17H,3-13H2,1-2H3;1H. The largest absolute Gasteiger partial charge is 0.342 e. The number of carbonyl (C=O) groups is 1. The maximum atomic E-state index is 12.4. The average Bonchev–Trinajstić information content (AvgIpc) is 2.46. The minimum absolute atomic E-state index is 0. The lowest BCUT2D eigenvalue weighted by molar-refractivity contribution is -0.134. The highest BCUT2D eigenvalue weighted by Gasteiger charge is 2.31. The van der Waals surface area contributed by atoms with Crippen molar-refractivity contribution in [1.29, 1.82) is 0 Å². The zero-order valence-corrected chi connectivity index (χ0v) is 13.9. The van der Waals surface area contributed by atoms with Crippen LogP contribution in [-0.2, 0) is 4.79 Å². The van der Waals surface area contributed by atoms with Crippen molar-refractivity contribution in [1.82, 2.24) is 10.2 Å². The van der Waals surface area contributed by atoms with Crippen molar-refractivity contribution >= 4 is 18.3 Å². The molecular formula is C16H31ClN2O. The van der Waals surface area contributed by atoms with Crippen LogP contribution in [0.1, 0.15) is 58.8 Å². The average molecular weight is 303 g/mol. The first-order chi connectivity index (χ1) is 9.13. The molecule has 1 amide bonds. The lowest BCUT2D eigenvalue weighted by atomic mass is 9.79. The summed E-state index contributed by atoms with van der Waals surface area (Å²) >= 11 is 0. The number of likely N-dealkylation sites (tertiary alicyclic amines) is 1. The molecule has 0 radical (unpaired) electrons. The van der Waals surface area contributed by atoms with E-state index in [-0.39, 0.29) is 12.4 Å². The Hall–Kier alpha value is -0.280. The molecular weight excluding hydrogens is 272 g/mol. The highest BCUT2D eigenvalue weighted by atomic mass is 35.5. The van der Waals surface area contributed by atoms with E-state index in [0.717, 1.165) is 44.9 Å². The molecule has 0 aromatic rings. The molecule has 2 fully saturated rings. The predicted octanol–water partition coefficient (Wildman–Crippen LogP) is 3.23. The molecule has 1 unspecified atom stereocenters. The predicted molar refractivity (Wildman–Crippen MR) is 86.3 cm³/mol. The monoisotopic (exact) mass is 302 g/mol. The number of piperidine rings is 2. The molecule has 1 N–H and O–H groups in total. The van der Waals surface area contributed by atoms with E-state index in [1.54, 1.807) is 0 Å². The second-order valence-electron chi connectivity index (χ2n) is 6.82. The molecule has 2 aliphatic rings. The van der Waals surface area contributed by atoms with Gasteiger partial charge in [0.1, 0.15) is 0 Å². The van der Waals surface area contributed by atoms with Gasteiger partial charge < -0.3 is 10.2 Å². The summed E-state index contributed by atoms with van der Waals surface area (Å²) in [5.41, 5.74) is 0.364. The van der Waals surface area contributed by atoms with Crippen LogP contribution in [0.15, 0.2) is 0 Å². The van der Waals surface area contributed by atoms with Gasteiger partial charge in [-0.05, 0) is 62.9 Å². The Kier molecular flexibility index (Phi) is 7.32. The van der Waals surface area contributed by atoms with E-state index in [1.165, 1.54) is 32.1 Å². The van der Waals surface area contributed by atoms with Crippen LogP contribution in [0.25, 0.3) is 0 Å². The molecule has 4 heteroatoms. The number of hydrogen-bond donors (Lipinski definition) is 1. The fraction of sp³-hybridized carbons (Fsp3) is 0.938. The fourth-order valence-corrected chi connectivity index (χ4v) is 3.47. The van der Waals surface area contributed by atoms with Crippen LogP contribution in [0.2, 0.25) is 0 Å². The summed E-state index contributed by atoms with van der Waals surface area (Å²) in [5.74, 6) is 1.17. The Morgan fingerprint density at radius 2 is 2.05 bits per heavy atom. The van der Waals surface area contributed by atoms with Gasteiger partial charge in [-0.3, -0.25) is 4.79 Å². The second kappa shape index (κ2) is 8.23. The van der Waals surface area contributed by atoms with E-state index < -0.39 is 0 Å². The Morgan fingerprint density at radius 3 is 2.70 bits per heavy atom. The van der Waals surface area contributed by atoms with Crippen molar-refractivity contribution in [2.24, 2.45) is 11.3 Å². The van der Waals surface area contributed by atoms with Gasteiger partial charge in [-0.25, -0.2) is 0 Å². The summed E-state index contributed by atoms with van der Waals surface area (Å²) in [6.45, 7) is 8.82. The molecule has 118 valence electrons. The number of nitrogens with one attached hydrogen (secondary N) is 1. The minimum Gasteiger partial charge on any atom is -0.342 e. The molecule has 2 aliphatic heterocycles.